The molecule has 0 aliphatic rings. The Morgan fingerprint density at radius 3 is 2.74 bits per heavy atom. The Balaban J connectivity index is 2.54. The van der Waals surface area contributed by atoms with Crippen LogP contribution in [0.25, 0.3) is 0 Å². The standard InChI is InChI=1S/C11H13ClF3N3O/c1-7(2)6-19-4-3-16-9-5-8(11(13,14)15)17-10(12)18-9/h5H,1,3-4,6H2,2H3,(H,16,17,18). The maximum absolute atomic E-state index is 12.5. The van der Waals surface area contributed by atoms with Gasteiger partial charge in [-0.05, 0) is 18.5 Å². The van der Waals surface area contributed by atoms with Crippen molar-refractivity contribution in [1.29, 1.82) is 0 Å². The predicted molar refractivity (Wildman–Crippen MR) is 66.2 cm³/mol. The molecule has 1 N–H and O–H groups in total. The van der Waals surface area contributed by atoms with Gasteiger partial charge in [-0.15, -0.1) is 0 Å². The molecule has 0 radical (unpaired) electrons. The van der Waals surface area contributed by atoms with Gasteiger partial charge in [0.05, 0.1) is 13.2 Å². The molecule has 1 aromatic heterocycles. The Morgan fingerprint density at radius 1 is 1.47 bits per heavy atom. The summed E-state index contributed by atoms with van der Waals surface area (Å²) in [5, 5.41) is 2.22. The molecule has 0 atom stereocenters. The maximum atomic E-state index is 12.5. The Hall–Kier alpha value is -1.34. The molecule has 1 aromatic rings. The smallest absolute Gasteiger partial charge is 0.375 e. The van der Waals surface area contributed by atoms with E-state index < -0.39 is 17.2 Å². The number of halogens is 4. The molecule has 8 heteroatoms. The van der Waals surface area contributed by atoms with E-state index in [1.807, 2.05) is 6.92 Å². The number of rotatable bonds is 6. The summed E-state index contributed by atoms with van der Waals surface area (Å²) >= 11 is 5.43. The quantitative estimate of drug-likeness (QED) is 0.497. The highest BCUT2D eigenvalue weighted by Gasteiger charge is 2.33. The average molecular weight is 296 g/mol. The van der Waals surface area contributed by atoms with Crippen LogP contribution in [-0.2, 0) is 10.9 Å². The zero-order valence-corrected chi connectivity index (χ0v) is 11.0. The van der Waals surface area contributed by atoms with Gasteiger partial charge >= 0.3 is 6.18 Å². The Morgan fingerprint density at radius 2 is 2.16 bits per heavy atom. The second kappa shape index (κ2) is 6.72. The molecule has 106 valence electrons. The van der Waals surface area contributed by atoms with Crippen molar-refractivity contribution >= 4 is 17.4 Å². The van der Waals surface area contributed by atoms with Gasteiger partial charge in [0.1, 0.15) is 5.82 Å². The van der Waals surface area contributed by atoms with Crippen LogP contribution in [0, 0.1) is 0 Å². The lowest BCUT2D eigenvalue weighted by Crippen LogP contribution is -2.14. The summed E-state index contributed by atoms with van der Waals surface area (Å²) in [6, 6.07) is 0.796. The molecule has 0 aromatic carbocycles. The van der Waals surface area contributed by atoms with E-state index in [0.29, 0.717) is 19.8 Å². The first-order valence-electron chi connectivity index (χ1n) is 5.37. The van der Waals surface area contributed by atoms with Crippen molar-refractivity contribution in [3.8, 4) is 0 Å². The summed E-state index contributed by atoms with van der Waals surface area (Å²) in [6.07, 6.45) is -4.56. The number of hydrogen-bond acceptors (Lipinski definition) is 4. The first-order valence-corrected chi connectivity index (χ1v) is 5.74. The number of ether oxygens (including phenoxy) is 1. The van der Waals surface area contributed by atoms with E-state index in [-0.39, 0.29) is 5.82 Å². The van der Waals surface area contributed by atoms with Crippen LogP contribution >= 0.6 is 11.6 Å². The van der Waals surface area contributed by atoms with Crippen molar-refractivity contribution in [2.75, 3.05) is 25.1 Å². The van der Waals surface area contributed by atoms with Gasteiger partial charge in [-0.2, -0.15) is 13.2 Å². The van der Waals surface area contributed by atoms with E-state index in [9.17, 15) is 13.2 Å². The van der Waals surface area contributed by atoms with Crippen LogP contribution < -0.4 is 5.32 Å². The number of aromatic nitrogens is 2. The summed E-state index contributed by atoms with van der Waals surface area (Å²) in [5.41, 5.74) is -0.220. The maximum Gasteiger partial charge on any atom is 0.433 e. The lowest BCUT2D eigenvalue weighted by molar-refractivity contribution is -0.141. The van der Waals surface area contributed by atoms with E-state index in [4.69, 9.17) is 16.3 Å². The third kappa shape index (κ3) is 5.89. The zero-order chi connectivity index (χ0) is 14.5. The van der Waals surface area contributed by atoms with Gasteiger partial charge in [-0.25, -0.2) is 9.97 Å². The van der Waals surface area contributed by atoms with Crippen LogP contribution in [0.4, 0.5) is 19.0 Å². The Labute approximate surface area is 113 Å². The molecule has 19 heavy (non-hydrogen) atoms. The molecule has 0 fully saturated rings. The van der Waals surface area contributed by atoms with Crippen molar-refractivity contribution in [3.05, 3.63) is 29.2 Å². The number of anilines is 1. The third-order valence-electron chi connectivity index (χ3n) is 1.89. The normalized spacial score (nSPS) is 11.4. The fraction of sp³-hybridized carbons (Fsp3) is 0.455. The SMILES string of the molecule is C=C(C)COCCNc1cc(C(F)(F)F)nc(Cl)n1. The van der Waals surface area contributed by atoms with E-state index >= 15 is 0 Å². The Kier molecular flexibility index (Phi) is 5.56. The van der Waals surface area contributed by atoms with E-state index in [1.54, 1.807) is 0 Å². The van der Waals surface area contributed by atoms with E-state index in [0.717, 1.165) is 11.6 Å². The first kappa shape index (κ1) is 15.7. The molecule has 0 bridgehead atoms. The van der Waals surface area contributed by atoms with Crippen LogP contribution in [0.5, 0.6) is 0 Å². The molecular weight excluding hydrogens is 283 g/mol. The summed E-state index contributed by atoms with van der Waals surface area (Å²) < 4.78 is 42.6. The molecule has 4 nitrogen and oxygen atoms in total. The highest BCUT2D eigenvalue weighted by molar-refractivity contribution is 6.28. The summed E-state index contributed by atoms with van der Waals surface area (Å²) in [5.74, 6) is 0.00579. The lowest BCUT2D eigenvalue weighted by Gasteiger charge is -2.10. The predicted octanol–water partition coefficient (Wildman–Crippen LogP) is 3.15. The number of nitrogens with one attached hydrogen (secondary N) is 1. The third-order valence-corrected chi connectivity index (χ3v) is 2.06. The van der Waals surface area contributed by atoms with Crippen LogP contribution in [0.3, 0.4) is 0 Å². The monoisotopic (exact) mass is 295 g/mol. The number of hydrogen-bond donors (Lipinski definition) is 1. The summed E-state index contributed by atoms with van der Waals surface area (Å²) in [6.45, 7) is 6.49. The van der Waals surface area contributed by atoms with Gasteiger partial charge in [-0.1, -0.05) is 12.2 Å². The second-order valence-electron chi connectivity index (χ2n) is 3.84. The minimum absolute atomic E-state index is 0.00579. The van der Waals surface area contributed by atoms with Gasteiger partial charge < -0.3 is 10.1 Å². The zero-order valence-electron chi connectivity index (χ0n) is 10.2. The van der Waals surface area contributed by atoms with Gasteiger partial charge in [0.2, 0.25) is 5.28 Å². The minimum atomic E-state index is -4.56. The molecule has 0 saturated heterocycles. The van der Waals surface area contributed by atoms with Gasteiger partial charge in [0, 0.05) is 12.6 Å². The second-order valence-corrected chi connectivity index (χ2v) is 4.18. The van der Waals surface area contributed by atoms with Crippen molar-refractivity contribution in [2.24, 2.45) is 0 Å². The van der Waals surface area contributed by atoms with Crippen LogP contribution in [0.1, 0.15) is 12.6 Å². The molecule has 0 aliphatic carbocycles. The largest absolute Gasteiger partial charge is 0.433 e. The van der Waals surface area contributed by atoms with Crippen molar-refractivity contribution in [2.45, 2.75) is 13.1 Å². The summed E-state index contributed by atoms with van der Waals surface area (Å²) in [7, 11) is 0. The summed E-state index contributed by atoms with van der Waals surface area (Å²) in [4.78, 5) is 6.77. The van der Waals surface area contributed by atoms with Gasteiger partial charge in [0.15, 0.2) is 5.69 Å². The lowest BCUT2D eigenvalue weighted by atomic mass is 10.4. The molecule has 0 saturated carbocycles. The van der Waals surface area contributed by atoms with Crippen molar-refractivity contribution < 1.29 is 17.9 Å². The molecule has 0 amide bonds. The van der Waals surface area contributed by atoms with Crippen LogP contribution in [-0.4, -0.2) is 29.7 Å². The highest BCUT2D eigenvalue weighted by Crippen LogP contribution is 2.29. The highest BCUT2D eigenvalue weighted by atomic mass is 35.5. The van der Waals surface area contributed by atoms with Crippen LogP contribution in [0.15, 0.2) is 18.2 Å². The molecule has 1 heterocycles. The van der Waals surface area contributed by atoms with Crippen molar-refractivity contribution in [3.63, 3.8) is 0 Å². The minimum Gasteiger partial charge on any atom is -0.375 e. The molecule has 1 rings (SSSR count). The fourth-order valence-electron chi connectivity index (χ4n) is 1.15. The molecular formula is C11H13ClF3N3O. The topological polar surface area (TPSA) is 47.0 Å². The average Bonchev–Trinajstić information content (AvgIpc) is 2.26. The number of nitrogens with zero attached hydrogens (tertiary/aromatic N) is 2. The van der Waals surface area contributed by atoms with Crippen LogP contribution in [0.2, 0.25) is 5.28 Å². The molecule has 0 unspecified atom stereocenters. The Bertz CT molecular complexity index is 451. The fourth-order valence-corrected chi connectivity index (χ4v) is 1.33. The molecule has 0 aliphatic heterocycles. The van der Waals surface area contributed by atoms with E-state index in [1.165, 1.54) is 0 Å². The van der Waals surface area contributed by atoms with Gasteiger partial charge in [0.25, 0.3) is 0 Å². The number of alkyl halides is 3. The first-order chi connectivity index (χ1) is 8.79. The van der Waals surface area contributed by atoms with Gasteiger partial charge in [-0.3, -0.25) is 0 Å². The van der Waals surface area contributed by atoms with Crippen molar-refractivity contribution in [1.82, 2.24) is 9.97 Å². The molecule has 0 spiro atoms. The van der Waals surface area contributed by atoms with E-state index in [2.05, 4.69) is 21.9 Å².